The quantitative estimate of drug-likeness (QED) is 0.516. The van der Waals surface area contributed by atoms with Crippen molar-refractivity contribution >= 4 is 5.97 Å². The Kier molecular flexibility index (Phi) is 6.79. The zero-order chi connectivity index (χ0) is 17.8. The Labute approximate surface area is 150 Å². The zero-order valence-electron chi connectivity index (χ0n) is 16.8. The first-order chi connectivity index (χ1) is 11.3. The molecule has 2 rings (SSSR count). The molecular weight excluding hydrogens is 296 g/mol. The lowest BCUT2D eigenvalue weighted by atomic mass is 9.68. The maximum Gasteiger partial charge on any atom is 0.312 e. The molecule has 2 saturated carbocycles. The summed E-state index contributed by atoms with van der Waals surface area (Å²) in [5.41, 5.74) is -0.504. The molecule has 0 radical (unpaired) electrons. The van der Waals surface area contributed by atoms with Crippen LogP contribution in [0.2, 0.25) is 0 Å². The maximum atomic E-state index is 13.3. The Bertz CT molecular complexity index is 400. The highest BCUT2D eigenvalue weighted by Crippen LogP contribution is 2.46. The third kappa shape index (κ3) is 4.35. The van der Waals surface area contributed by atoms with Crippen LogP contribution in [0.1, 0.15) is 105 Å². The Balaban J connectivity index is 2.19. The fourth-order valence-corrected chi connectivity index (χ4v) is 5.08. The van der Waals surface area contributed by atoms with E-state index in [1.54, 1.807) is 0 Å². The Morgan fingerprint density at radius 2 is 1.54 bits per heavy atom. The largest absolute Gasteiger partial charge is 0.458 e. The molecule has 0 aromatic rings. The van der Waals surface area contributed by atoms with Crippen LogP contribution in [-0.2, 0) is 9.53 Å². The lowest BCUT2D eigenvalue weighted by molar-refractivity contribution is -0.188. The highest BCUT2D eigenvalue weighted by atomic mass is 16.6. The predicted molar refractivity (Wildman–Crippen MR) is 101 cm³/mol. The summed E-state index contributed by atoms with van der Waals surface area (Å²) in [4.78, 5) is 13.3. The highest BCUT2D eigenvalue weighted by Gasteiger charge is 2.47. The van der Waals surface area contributed by atoms with Crippen LogP contribution in [-0.4, -0.2) is 11.6 Å². The van der Waals surface area contributed by atoms with Gasteiger partial charge in [-0.2, -0.15) is 0 Å². The van der Waals surface area contributed by atoms with E-state index in [1.165, 1.54) is 51.4 Å². The van der Waals surface area contributed by atoms with Gasteiger partial charge >= 0.3 is 5.97 Å². The minimum absolute atomic E-state index is 0.0821. The Morgan fingerprint density at radius 3 is 2.04 bits per heavy atom. The third-order valence-corrected chi connectivity index (χ3v) is 6.92. The van der Waals surface area contributed by atoms with Crippen molar-refractivity contribution in [3.05, 3.63) is 0 Å². The van der Waals surface area contributed by atoms with Crippen molar-refractivity contribution in [1.82, 2.24) is 0 Å². The molecule has 1 unspecified atom stereocenters. The first-order valence-corrected chi connectivity index (χ1v) is 10.5. The smallest absolute Gasteiger partial charge is 0.312 e. The summed E-state index contributed by atoms with van der Waals surface area (Å²) in [6.07, 6.45) is 13.4. The molecule has 0 amide bonds. The fraction of sp³-hybridized carbons (Fsp3) is 0.955. The predicted octanol–water partition coefficient (Wildman–Crippen LogP) is 6.52. The number of carbonyl (C=O) groups excluding carboxylic acids is 1. The summed E-state index contributed by atoms with van der Waals surface area (Å²) in [6, 6.07) is 0. The van der Waals surface area contributed by atoms with Crippen LogP contribution < -0.4 is 0 Å². The van der Waals surface area contributed by atoms with Gasteiger partial charge in [-0.3, -0.25) is 4.79 Å². The standard InChI is InChI=1S/C22H40O2/c1-17(2)16-21(5,18(3)4)20(23)24-22(14-10-7-11-15-22)19-12-8-6-9-13-19/h17-19H,6-16H2,1-5H3. The molecule has 0 spiro atoms. The first-order valence-electron chi connectivity index (χ1n) is 10.5. The highest BCUT2D eigenvalue weighted by molar-refractivity contribution is 5.77. The van der Waals surface area contributed by atoms with E-state index >= 15 is 0 Å². The maximum absolute atomic E-state index is 13.3. The van der Waals surface area contributed by atoms with E-state index in [1.807, 2.05) is 0 Å². The van der Waals surface area contributed by atoms with Crippen LogP contribution in [0.4, 0.5) is 0 Å². The molecule has 1 atom stereocenters. The van der Waals surface area contributed by atoms with Crippen LogP contribution >= 0.6 is 0 Å². The van der Waals surface area contributed by atoms with E-state index in [2.05, 4.69) is 34.6 Å². The van der Waals surface area contributed by atoms with E-state index in [0.717, 1.165) is 19.3 Å². The molecule has 0 saturated heterocycles. The molecule has 0 aliphatic heterocycles. The summed E-state index contributed by atoms with van der Waals surface area (Å²) >= 11 is 0. The summed E-state index contributed by atoms with van der Waals surface area (Å²) in [7, 11) is 0. The SMILES string of the molecule is CC(C)CC(C)(C(=O)OC1(C2CCCCC2)CCCCC1)C(C)C. The first kappa shape index (κ1) is 19.8. The summed E-state index contributed by atoms with van der Waals surface area (Å²) in [6.45, 7) is 10.9. The van der Waals surface area contributed by atoms with Crippen LogP contribution in [0.5, 0.6) is 0 Å². The molecular formula is C22H40O2. The summed E-state index contributed by atoms with van der Waals surface area (Å²) in [5.74, 6) is 1.52. The van der Waals surface area contributed by atoms with Gasteiger partial charge in [0.2, 0.25) is 0 Å². The van der Waals surface area contributed by atoms with Crippen LogP contribution in [0, 0.1) is 23.2 Å². The Morgan fingerprint density at radius 1 is 1.00 bits per heavy atom. The molecule has 2 aliphatic carbocycles. The minimum Gasteiger partial charge on any atom is -0.458 e. The number of carbonyl (C=O) groups is 1. The second-order valence-corrected chi connectivity index (χ2v) is 9.52. The third-order valence-electron chi connectivity index (χ3n) is 6.92. The van der Waals surface area contributed by atoms with Crippen LogP contribution in [0.15, 0.2) is 0 Å². The van der Waals surface area contributed by atoms with Crippen molar-refractivity contribution in [2.75, 3.05) is 0 Å². The van der Waals surface area contributed by atoms with Gasteiger partial charge in [0.15, 0.2) is 0 Å². The van der Waals surface area contributed by atoms with E-state index in [-0.39, 0.29) is 17.0 Å². The van der Waals surface area contributed by atoms with Crippen molar-refractivity contribution in [2.45, 2.75) is 111 Å². The summed E-state index contributed by atoms with van der Waals surface area (Å²) in [5, 5.41) is 0. The topological polar surface area (TPSA) is 26.3 Å². The lowest BCUT2D eigenvalue weighted by Gasteiger charge is -2.47. The molecule has 24 heavy (non-hydrogen) atoms. The molecule has 2 nitrogen and oxygen atoms in total. The minimum atomic E-state index is -0.354. The second kappa shape index (κ2) is 8.23. The van der Waals surface area contributed by atoms with Gasteiger partial charge in [-0.15, -0.1) is 0 Å². The average molecular weight is 337 g/mol. The lowest BCUT2D eigenvalue weighted by Crippen LogP contribution is -2.49. The van der Waals surface area contributed by atoms with Crippen molar-refractivity contribution in [3.8, 4) is 0 Å². The molecule has 2 aliphatic rings. The molecule has 0 N–H and O–H groups in total. The van der Waals surface area contributed by atoms with E-state index in [4.69, 9.17) is 4.74 Å². The molecule has 0 aromatic heterocycles. The van der Waals surface area contributed by atoms with Gasteiger partial charge in [0.1, 0.15) is 5.60 Å². The second-order valence-electron chi connectivity index (χ2n) is 9.52. The molecule has 0 aromatic carbocycles. The van der Waals surface area contributed by atoms with E-state index < -0.39 is 0 Å². The molecule has 2 fully saturated rings. The summed E-state index contributed by atoms with van der Waals surface area (Å²) < 4.78 is 6.51. The fourth-order valence-electron chi connectivity index (χ4n) is 5.08. The number of hydrogen-bond acceptors (Lipinski definition) is 2. The van der Waals surface area contributed by atoms with Crippen molar-refractivity contribution < 1.29 is 9.53 Å². The molecule has 140 valence electrons. The Hall–Kier alpha value is -0.530. The molecule has 0 heterocycles. The zero-order valence-corrected chi connectivity index (χ0v) is 16.8. The van der Waals surface area contributed by atoms with Crippen LogP contribution in [0.3, 0.4) is 0 Å². The van der Waals surface area contributed by atoms with E-state index in [0.29, 0.717) is 17.8 Å². The number of rotatable bonds is 6. The number of esters is 1. The van der Waals surface area contributed by atoms with E-state index in [9.17, 15) is 4.79 Å². The molecule has 2 heteroatoms. The van der Waals surface area contributed by atoms with Gasteiger partial charge in [-0.25, -0.2) is 0 Å². The van der Waals surface area contributed by atoms with Crippen molar-refractivity contribution in [2.24, 2.45) is 23.2 Å². The van der Waals surface area contributed by atoms with Crippen molar-refractivity contribution in [3.63, 3.8) is 0 Å². The van der Waals surface area contributed by atoms with Crippen molar-refractivity contribution in [1.29, 1.82) is 0 Å². The van der Waals surface area contributed by atoms with Gasteiger partial charge < -0.3 is 4.74 Å². The average Bonchev–Trinajstić information content (AvgIpc) is 2.55. The van der Waals surface area contributed by atoms with Gasteiger partial charge in [-0.05, 0) is 69.6 Å². The number of ether oxygens (including phenoxy) is 1. The van der Waals surface area contributed by atoms with Gasteiger partial charge in [0, 0.05) is 0 Å². The van der Waals surface area contributed by atoms with Gasteiger partial charge in [0.25, 0.3) is 0 Å². The monoisotopic (exact) mass is 336 g/mol. The normalized spacial score (nSPS) is 24.8. The number of hydrogen-bond donors (Lipinski definition) is 0. The van der Waals surface area contributed by atoms with Crippen LogP contribution in [0.25, 0.3) is 0 Å². The molecule has 0 bridgehead atoms. The van der Waals surface area contributed by atoms with Gasteiger partial charge in [-0.1, -0.05) is 53.4 Å². The van der Waals surface area contributed by atoms with Gasteiger partial charge in [0.05, 0.1) is 5.41 Å².